The van der Waals surface area contributed by atoms with Gasteiger partial charge in [-0.15, -0.1) is 0 Å². The number of hydrogen-bond acceptors (Lipinski definition) is 1. The second-order valence-electron chi connectivity index (χ2n) is 5.05. The largest absolute Gasteiger partial charge is 0.361 e. The van der Waals surface area contributed by atoms with Crippen LogP contribution < -0.4 is 0 Å². The molecular weight excluding hydrogens is 210 g/mol. The van der Waals surface area contributed by atoms with Crippen molar-refractivity contribution in [1.82, 2.24) is 4.98 Å². The van der Waals surface area contributed by atoms with Crippen molar-refractivity contribution in [3.8, 4) is 0 Å². The summed E-state index contributed by atoms with van der Waals surface area (Å²) in [5.41, 5.74) is 2.42. The smallest absolute Gasteiger partial charge is 0.130 e. The summed E-state index contributed by atoms with van der Waals surface area (Å²) in [7, 11) is 0. The van der Waals surface area contributed by atoms with Crippen LogP contribution >= 0.6 is 0 Å². The molecule has 2 nitrogen and oxygen atoms in total. The van der Waals surface area contributed by atoms with Crippen LogP contribution in [0.2, 0.25) is 0 Å². The van der Waals surface area contributed by atoms with Crippen LogP contribution in [0.15, 0.2) is 30.5 Å². The maximum Gasteiger partial charge on any atom is 0.130 e. The minimum Gasteiger partial charge on any atom is -0.361 e. The molecule has 17 heavy (non-hydrogen) atoms. The summed E-state index contributed by atoms with van der Waals surface area (Å²) >= 11 is 0. The van der Waals surface area contributed by atoms with Gasteiger partial charge in [-0.05, 0) is 30.4 Å². The Morgan fingerprint density at radius 3 is 2.65 bits per heavy atom. The predicted octanol–water partition coefficient (Wildman–Crippen LogP) is 3.89. The second kappa shape index (κ2) is 4.74. The molecule has 1 unspecified atom stereocenters. The molecule has 2 rings (SSSR count). The summed E-state index contributed by atoms with van der Waals surface area (Å²) in [5.74, 6) is 1.04. The molecule has 0 aliphatic heterocycles. The highest BCUT2D eigenvalue weighted by molar-refractivity contribution is 5.85. The Balaban J connectivity index is 2.45. The summed E-state index contributed by atoms with van der Waals surface area (Å²) in [6.45, 7) is 6.02. The molecule has 0 aliphatic carbocycles. The lowest BCUT2D eigenvalue weighted by Gasteiger charge is -2.19. The molecule has 1 aromatic heterocycles. The van der Waals surface area contributed by atoms with E-state index in [1.54, 1.807) is 6.92 Å². The molecule has 0 amide bonds. The average Bonchev–Trinajstić information content (AvgIpc) is 2.69. The van der Waals surface area contributed by atoms with Crippen molar-refractivity contribution in [2.45, 2.75) is 33.1 Å². The van der Waals surface area contributed by atoms with Gasteiger partial charge in [0.2, 0.25) is 0 Å². The van der Waals surface area contributed by atoms with Gasteiger partial charge in [-0.3, -0.25) is 0 Å². The third-order valence-electron chi connectivity index (χ3n) is 3.33. The van der Waals surface area contributed by atoms with E-state index in [0.717, 1.165) is 5.52 Å². The van der Waals surface area contributed by atoms with Crippen LogP contribution in [0.3, 0.4) is 0 Å². The summed E-state index contributed by atoms with van der Waals surface area (Å²) in [6.07, 6.45) is 2.68. The number of nitrogens with one attached hydrogen (secondary N) is 1. The van der Waals surface area contributed by atoms with Crippen molar-refractivity contribution in [2.24, 2.45) is 5.92 Å². The Bertz CT molecular complexity index is 524. The Kier molecular flexibility index (Phi) is 3.32. The van der Waals surface area contributed by atoms with E-state index in [4.69, 9.17) is 0 Å². The first-order valence-corrected chi connectivity index (χ1v) is 6.15. The lowest BCUT2D eigenvalue weighted by Crippen LogP contribution is -2.10. The fourth-order valence-corrected chi connectivity index (χ4v) is 2.42. The Morgan fingerprint density at radius 1 is 1.29 bits per heavy atom. The lowest BCUT2D eigenvalue weighted by atomic mass is 9.84. The van der Waals surface area contributed by atoms with Crippen LogP contribution in [-0.4, -0.2) is 10.8 Å². The number of carbonyl (C=O) groups is 1. The molecule has 0 fully saturated rings. The minimum atomic E-state index is 0.258. The van der Waals surface area contributed by atoms with E-state index < -0.39 is 0 Å². The highest BCUT2D eigenvalue weighted by atomic mass is 16.1. The van der Waals surface area contributed by atoms with Crippen LogP contribution in [-0.2, 0) is 4.79 Å². The van der Waals surface area contributed by atoms with E-state index in [9.17, 15) is 4.79 Å². The van der Waals surface area contributed by atoms with Crippen LogP contribution in [0.5, 0.6) is 0 Å². The summed E-state index contributed by atoms with van der Waals surface area (Å²) in [5, 5.41) is 1.24. The van der Waals surface area contributed by atoms with E-state index in [1.165, 1.54) is 10.9 Å². The Hall–Kier alpha value is -1.57. The molecule has 0 bridgehead atoms. The molecule has 2 aromatic rings. The standard InChI is InChI=1S/C15H19NO/c1-10(2)13(8-11(3)17)14-9-16-15-7-5-4-6-12(14)15/h4-7,9-10,13,16H,8H2,1-3H3. The molecule has 0 saturated heterocycles. The van der Waals surface area contributed by atoms with Gasteiger partial charge >= 0.3 is 0 Å². The molecule has 1 atom stereocenters. The highest BCUT2D eigenvalue weighted by Crippen LogP contribution is 2.33. The Labute approximate surface area is 102 Å². The molecule has 0 radical (unpaired) electrons. The van der Waals surface area contributed by atoms with E-state index in [2.05, 4.69) is 37.2 Å². The number of rotatable bonds is 4. The van der Waals surface area contributed by atoms with Gasteiger partial charge in [0.25, 0.3) is 0 Å². The zero-order chi connectivity index (χ0) is 12.4. The number of aromatic amines is 1. The van der Waals surface area contributed by atoms with Gasteiger partial charge in [0.05, 0.1) is 0 Å². The Morgan fingerprint density at radius 2 is 2.00 bits per heavy atom. The second-order valence-corrected chi connectivity index (χ2v) is 5.05. The lowest BCUT2D eigenvalue weighted by molar-refractivity contribution is -0.117. The summed E-state index contributed by atoms with van der Waals surface area (Å²) in [6, 6.07) is 8.27. The van der Waals surface area contributed by atoms with Crippen molar-refractivity contribution < 1.29 is 4.79 Å². The van der Waals surface area contributed by atoms with Crippen molar-refractivity contribution in [3.63, 3.8) is 0 Å². The first-order chi connectivity index (χ1) is 8.09. The molecule has 1 N–H and O–H groups in total. The average molecular weight is 229 g/mol. The van der Waals surface area contributed by atoms with Crippen LogP contribution in [0.4, 0.5) is 0 Å². The van der Waals surface area contributed by atoms with Crippen LogP contribution in [0, 0.1) is 5.92 Å². The maximum absolute atomic E-state index is 11.4. The van der Waals surface area contributed by atoms with Gasteiger partial charge in [-0.1, -0.05) is 32.0 Å². The van der Waals surface area contributed by atoms with Gasteiger partial charge in [0.15, 0.2) is 0 Å². The molecule has 0 aliphatic rings. The number of aromatic nitrogens is 1. The van der Waals surface area contributed by atoms with Gasteiger partial charge < -0.3 is 9.78 Å². The van der Waals surface area contributed by atoms with Crippen molar-refractivity contribution >= 4 is 16.7 Å². The van der Waals surface area contributed by atoms with Gasteiger partial charge in [-0.2, -0.15) is 0 Å². The third-order valence-corrected chi connectivity index (χ3v) is 3.33. The van der Waals surface area contributed by atoms with Gasteiger partial charge in [0, 0.05) is 23.5 Å². The van der Waals surface area contributed by atoms with Gasteiger partial charge in [-0.25, -0.2) is 0 Å². The van der Waals surface area contributed by atoms with Gasteiger partial charge in [0.1, 0.15) is 5.78 Å². The number of benzene rings is 1. The quantitative estimate of drug-likeness (QED) is 0.847. The first-order valence-electron chi connectivity index (χ1n) is 6.15. The molecular formula is C15H19NO. The topological polar surface area (TPSA) is 32.9 Å². The van der Waals surface area contributed by atoms with Crippen molar-refractivity contribution in [1.29, 1.82) is 0 Å². The molecule has 0 saturated carbocycles. The minimum absolute atomic E-state index is 0.258. The summed E-state index contributed by atoms with van der Waals surface area (Å²) in [4.78, 5) is 14.7. The van der Waals surface area contributed by atoms with Crippen molar-refractivity contribution in [2.75, 3.05) is 0 Å². The normalized spacial score (nSPS) is 13.2. The molecule has 1 aromatic carbocycles. The van der Waals surface area contributed by atoms with Crippen LogP contribution in [0.25, 0.3) is 10.9 Å². The monoisotopic (exact) mass is 229 g/mol. The highest BCUT2D eigenvalue weighted by Gasteiger charge is 2.20. The fourth-order valence-electron chi connectivity index (χ4n) is 2.42. The van der Waals surface area contributed by atoms with E-state index in [1.807, 2.05) is 12.1 Å². The van der Waals surface area contributed by atoms with E-state index in [-0.39, 0.29) is 5.78 Å². The zero-order valence-corrected chi connectivity index (χ0v) is 10.7. The molecule has 1 heterocycles. The number of fused-ring (bicyclic) bond motifs is 1. The predicted molar refractivity (Wildman–Crippen MR) is 71.2 cm³/mol. The van der Waals surface area contributed by atoms with E-state index in [0.29, 0.717) is 18.3 Å². The first kappa shape index (κ1) is 11.9. The maximum atomic E-state index is 11.4. The van der Waals surface area contributed by atoms with Crippen LogP contribution in [0.1, 0.15) is 38.7 Å². The van der Waals surface area contributed by atoms with Crippen molar-refractivity contribution in [3.05, 3.63) is 36.0 Å². The number of para-hydroxylation sites is 1. The number of ketones is 1. The summed E-state index contributed by atoms with van der Waals surface area (Å²) < 4.78 is 0. The zero-order valence-electron chi connectivity index (χ0n) is 10.7. The fraction of sp³-hybridized carbons (Fsp3) is 0.400. The number of hydrogen-bond donors (Lipinski definition) is 1. The number of H-pyrrole nitrogens is 1. The number of carbonyl (C=O) groups excluding carboxylic acids is 1. The molecule has 0 spiro atoms. The van der Waals surface area contributed by atoms with E-state index >= 15 is 0 Å². The SMILES string of the molecule is CC(=O)CC(c1c[nH]c2ccccc12)C(C)C. The number of Topliss-reactive ketones (excluding diaryl/α,β-unsaturated/α-hetero) is 1. The molecule has 2 heteroatoms. The molecule has 90 valence electrons. The third kappa shape index (κ3) is 2.41.